The number of hydrogen-bond donors (Lipinski definition) is 2. The second-order valence-electron chi connectivity index (χ2n) is 9.89. The van der Waals surface area contributed by atoms with E-state index in [1.54, 1.807) is 26.1 Å². The molecular weight excluding hydrogens is 602 g/mol. The predicted molar refractivity (Wildman–Crippen MR) is 155 cm³/mol. The molecule has 0 aliphatic carbocycles. The van der Waals surface area contributed by atoms with E-state index in [4.69, 9.17) is 5.73 Å². The molecular formula is C30H24F6N8O. The van der Waals surface area contributed by atoms with E-state index in [2.05, 4.69) is 25.5 Å². The lowest BCUT2D eigenvalue weighted by atomic mass is 10.0. The Balaban J connectivity index is 0.000000179. The molecule has 0 aliphatic rings. The van der Waals surface area contributed by atoms with Gasteiger partial charge in [-0.25, -0.2) is 19.0 Å². The Morgan fingerprint density at radius 2 is 1.16 bits per heavy atom. The van der Waals surface area contributed by atoms with Gasteiger partial charge < -0.3 is 11.1 Å². The Hall–Kier alpha value is -5.47. The zero-order valence-corrected chi connectivity index (χ0v) is 23.9. The van der Waals surface area contributed by atoms with Crippen molar-refractivity contribution in [3.63, 3.8) is 0 Å². The number of carbonyl (C=O) groups is 1. The highest BCUT2D eigenvalue weighted by Crippen LogP contribution is 2.38. The van der Waals surface area contributed by atoms with Crippen LogP contribution in [-0.2, 0) is 17.1 Å². The molecule has 0 saturated heterocycles. The van der Waals surface area contributed by atoms with Crippen LogP contribution < -0.4 is 11.1 Å². The van der Waals surface area contributed by atoms with E-state index in [0.29, 0.717) is 28.4 Å². The van der Waals surface area contributed by atoms with Crippen molar-refractivity contribution in [3.05, 3.63) is 95.6 Å². The predicted octanol–water partition coefficient (Wildman–Crippen LogP) is 6.99. The fourth-order valence-electron chi connectivity index (χ4n) is 4.62. The van der Waals surface area contributed by atoms with E-state index in [-0.39, 0.29) is 34.1 Å². The SMILES string of the molecule is CC(=O)Nc1c(C)nn2ccc(-c3ccccc3C(F)(F)F)nc12.Cc1nn2ccc(-c3ccccc3C(F)(F)F)nc2c1N. The number of anilines is 2. The normalized spacial score (nSPS) is 11.8. The van der Waals surface area contributed by atoms with E-state index in [0.717, 1.165) is 12.1 Å². The molecule has 9 nitrogen and oxygen atoms in total. The number of benzene rings is 2. The maximum absolute atomic E-state index is 13.2. The quantitative estimate of drug-likeness (QED) is 0.205. The molecule has 0 saturated carbocycles. The van der Waals surface area contributed by atoms with Crippen molar-refractivity contribution in [2.75, 3.05) is 11.1 Å². The minimum absolute atomic E-state index is 0.0192. The Kier molecular flexibility index (Phi) is 7.95. The number of amides is 1. The first-order valence-corrected chi connectivity index (χ1v) is 13.2. The number of nitrogen functional groups attached to an aromatic ring is 1. The standard InChI is InChI=1S/C16H13F3N4O.C14H11F3N4/c1-9-14(20-10(2)24)15-21-13(7-8-23(15)22-9)11-5-3-4-6-12(11)16(17,18)19;1-8-12(18)13-19-11(6-7-21(13)20-8)9-4-2-3-5-10(9)14(15,16)17/h3-8H,1-2H3,(H,20,24);2-7H,18H2,1H3. The van der Waals surface area contributed by atoms with Crippen molar-refractivity contribution in [1.29, 1.82) is 0 Å². The third kappa shape index (κ3) is 6.27. The molecule has 232 valence electrons. The molecule has 0 unspecified atom stereocenters. The fraction of sp³-hybridized carbons (Fsp3) is 0.167. The third-order valence-electron chi connectivity index (χ3n) is 6.68. The van der Waals surface area contributed by atoms with Gasteiger partial charge in [-0.2, -0.15) is 36.5 Å². The topological polar surface area (TPSA) is 116 Å². The Labute approximate surface area is 251 Å². The van der Waals surface area contributed by atoms with Crippen molar-refractivity contribution in [2.45, 2.75) is 33.1 Å². The minimum atomic E-state index is -4.49. The number of hydrogen-bond acceptors (Lipinski definition) is 6. The summed E-state index contributed by atoms with van der Waals surface area (Å²) in [7, 11) is 0. The van der Waals surface area contributed by atoms with E-state index in [1.165, 1.54) is 64.6 Å². The summed E-state index contributed by atoms with van der Waals surface area (Å²) in [6, 6.07) is 13.5. The number of nitrogens with two attached hydrogens (primary N) is 1. The summed E-state index contributed by atoms with van der Waals surface area (Å²) in [6.45, 7) is 4.74. The van der Waals surface area contributed by atoms with Gasteiger partial charge in [0.1, 0.15) is 11.4 Å². The van der Waals surface area contributed by atoms with E-state index in [1.807, 2.05) is 0 Å². The van der Waals surface area contributed by atoms with Crippen LogP contribution in [0.3, 0.4) is 0 Å². The summed E-state index contributed by atoms with van der Waals surface area (Å²) in [4.78, 5) is 19.8. The first kappa shape index (κ1) is 31.0. The number of nitrogens with one attached hydrogen (secondary N) is 1. The van der Waals surface area contributed by atoms with Crippen LogP contribution in [0.5, 0.6) is 0 Å². The van der Waals surface area contributed by atoms with Crippen molar-refractivity contribution < 1.29 is 31.1 Å². The molecule has 4 aromatic heterocycles. The molecule has 0 radical (unpaired) electrons. The maximum Gasteiger partial charge on any atom is 0.417 e. The lowest BCUT2D eigenvalue weighted by molar-refractivity contribution is -0.137. The third-order valence-corrected chi connectivity index (χ3v) is 6.68. The monoisotopic (exact) mass is 626 g/mol. The van der Waals surface area contributed by atoms with Gasteiger partial charge in [0.2, 0.25) is 5.91 Å². The first-order chi connectivity index (χ1) is 21.1. The molecule has 0 spiro atoms. The zero-order chi connectivity index (χ0) is 32.7. The number of carbonyl (C=O) groups excluding carboxylic acids is 1. The largest absolute Gasteiger partial charge is 0.417 e. The summed E-state index contributed by atoms with van der Waals surface area (Å²) in [6.07, 6.45) is -5.86. The molecule has 6 rings (SSSR count). The summed E-state index contributed by atoms with van der Waals surface area (Å²) < 4.78 is 81.7. The lowest BCUT2D eigenvalue weighted by Gasteiger charge is -2.12. The van der Waals surface area contributed by atoms with Crippen LogP contribution in [0, 0.1) is 13.8 Å². The van der Waals surface area contributed by atoms with Gasteiger partial charge >= 0.3 is 12.4 Å². The average molecular weight is 627 g/mol. The van der Waals surface area contributed by atoms with Gasteiger partial charge in [0.15, 0.2) is 11.3 Å². The van der Waals surface area contributed by atoms with Crippen LogP contribution in [0.15, 0.2) is 73.1 Å². The highest BCUT2D eigenvalue weighted by atomic mass is 19.4. The Morgan fingerprint density at radius 1 is 0.711 bits per heavy atom. The van der Waals surface area contributed by atoms with E-state index < -0.39 is 23.5 Å². The van der Waals surface area contributed by atoms with Gasteiger partial charge in [-0.05, 0) is 38.1 Å². The van der Waals surface area contributed by atoms with Gasteiger partial charge in [0, 0.05) is 30.4 Å². The molecule has 2 aromatic carbocycles. The van der Waals surface area contributed by atoms with Crippen LogP contribution >= 0.6 is 0 Å². The number of aryl methyl sites for hydroxylation is 2. The van der Waals surface area contributed by atoms with Gasteiger partial charge in [-0.3, -0.25) is 4.79 Å². The molecule has 0 fully saturated rings. The molecule has 6 aromatic rings. The number of halogens is 6. The lowest BCUT2D eigenvalue weighted by Crippen LogP contribution is -2.08. The summed E-state index contributed by atoms with van der Waals surface area (Å²) in [5.74, 6) is -0.309. The van der Waals surface area contributed by atoms with Crippen LogP contribution in [-0.4, -0.2) is 35.1 Å². The van der Waals surface area contributed by atoms with E-state index in [9.17, 15) is 31.1 Å². The summed E-state index contributed by atoms with van der Waals surface area (Å²) in [5.41, 5.74) is 7.20. The Bertz CT molecular complexity index is 2040. The Morgan fingerprint density at radius 3 is 1.64 bits per heavy atom. The molecule has 0 bridgehead atoms. The molecule has 1 amide bonds. The number of aromatic nitrogens is 6. The molecule has 45 heavy (non-hydrogen) atoms. The van der Waals surface area contributed by atoms with E-state index >= 15 is 0 Å². The molecule has 0 aliphatic heterocycles. The number of nitrogens with zero attached hydrogens (tertiary/aromatic N) is 6. The van der Waals surface area contributed by atoms with Crippen LogP contribution in [0.25, 0.3) is 33.8 Å². The summed E-state index contributed by atoms with van der Waals surface area (Å²) >= 11 is 0. The van der Waals surface area contributed by atoms with Gasteiger partial charge in [0.25, 0.3) is 0 Å². The first-order valence-electron chi connectivity index (χ1n) is 13.2. The average Bonchev–Trinajstić information content (AvgIpc) is 3.45. The maximum atomic E-state index is 13.2. The van der Waals surface area contributed by atoms with Crippen LogP contribution in [0.1, 0.15) is 29.4 Å². The van der Waals surface area contributed by atoms with Crippen molar-refractivity contribution in [2.24, 2.45) is 0 Å². The van der Waals surface area contributed by atoms with Gasteiger partial charge in [-0.1, -0.05) is 36.4 Å². The minimum Gasteiger partial charge on any atom is -0.394 e. The smallest absolute Gasteiger partial charge is 0.394 e. The molecule has 15 heteroatoms. The number of rotatable bonds is 3. The summed E-state index contributed by atoms with van der Waals surface area (Å²) in [5, 5.41) is 10.9. The molecule has 3 N–H and O–H groups in total. The van der Waals surface area contributed by atoms with Crippen molar-refractivity contribution >= 4 is 28.6 Å². The van der Waals surface area contributed by atoms with Crippen LogP contribution in [0.2, 0.25) is 0 Å². The van der Waals surface area contributed by atoms with Gasteiger partial charge in [-0.15, -0.1) is 0 Å². The highest BCUT2D eigenvalue weighted by molar-refractivity contribution is 5.94. The zero-order valence-electron chi connectivity index (χ0n) is 23.9. The van der Waals surface area contributed by atoms with Gasteiger partial charge in [0.05, 0.1) is 33.9 Å². The molecule has 0 atom stereocenters. The second kappa shape index (κ2) is 11.6. The fourth-order valence-corrected chi connectivity index (χ4v) is 4.62. The number of fused-ring (bicyclic) bond motifs is 2. The van der Waals surface area contributed by atoms with Crippen molar-refractivity contribution in [1.82, 2.24) is 29.2 Å². The number of alkyl halides is 6. The second-order valence-corrected chi connectivity index (χ2v) is 9.89. The molecule has 4 heterocycles. The highest BCUT2D eigenvalue weighted by Gasteiger charge is 2.34. The van der Waals surface area contributed by atoms with Crippen LogP contribution in [0.4, 0.5) is 37.7 Å². The van der Waals surface area contributed by atoms with Crippen molar-refractivity contribution in [3.8, 4) is 22.5 Å².